The molecule has 2 rings (SSSR count). The maximum atomic E-state index is 5.84. The first-order valence-electron chi connectivity index (χ1n) is 4.91. The van der Waals surface area contributed by atoms with Crippen molar-refractivity contribution in [1.82, 2.24) is 15.0 Å². The first kappa shape index (κ1) is 12.4. The number of anilines is 1. The smallest absolute Gasteiger partial charge is 0.181 e. The monoisotopic (exact) mass is 356 g/mol. The average molecular weight is 358 g/mol. The number of nitrogens with zero attached hydrogens (tertiary/aromatic N) is 3. The number of halogens is 2. The molecule has 0 fully saturated rings. The molecule has 0 aliphatic rings. The Labute approximate surface area is 116 Å². The molecule has 2 aromatic rings. The number of hydrogen-bond donors (Lipinski definition) is 1. The van der Waals surface area contributed by atoms with Gasteiger partial charge in [-0.1, -0.05) is 0 Å². The van der Waals surface area contributed by atoms with E-state index in [9.17, 15) is 0 Å². The van der Waals surface area contributed by atoms with Gasteiger partial charge in [-0.2, -0.15) is 0 Å². The third-order valence-electron chi connectivity index (χ3n) is 2.45. The quantitative estimate of drug-likeness (QED) is 0.850. The molecule has 0 atom stereocenters. The van der Waals surface area contributed by atoms with Gasteiger partial charge in [0.1, 0.15) is 11.5 Å². The zero-order valence-corrected chi connectivity index (χ0v) is 12.5. The number of hydrogen-bond acceptors (Lipinski definition) is 4. The minimum absolute atomic E-state index is 0.490. The summed E-state index contributed by atoms with van der Waals surface area (Å²) in [6.45, 7) is 3.81. The summed E-state index contributed by atoms with van der Waals surface area (Å²) in [7, 11) is 0. The molecule has 0 amide bonds. The van der Waals surface area contributed by atoms with Crippen LogP contribution in [0, 0.1) is 13.8 Å². The molecular formula is C11H10Br2N4. The molecule has 4 nitrogen and oxygen atoms in total. The van der Waals surface area contributed by atoms with Crippen molar-refractivity contribution in [1.29, 1.82) is 0 Å². The molecule has 0 aromatic carbocycles. The van der Waals surface area contributed by atoms with E-state index in [0.717, 1.165) is 20.2 Å². The van der Waals surface area contributed by atoms with E-state index in [2.05, 4.69) is 46.8 Å². The first-order valence-corrected chi connectivity index (χ1v) is 6.49. The Morgan fingerprint density at radius 1 is 1.18 bits per heavy atom. The van der Waals surface area contributed by atoms with Crippen molar-refractivity contribution in [3.05, 3.63) is 32.5 Å². The lowest BCUT2D eigenvalue weighted by Crippen LogP contribution is -2.03. The predicted octanol–water partition coefficient (Wildman–Crippen LogP) is 3.26. The van der Waals surface area contributed by atoms with Crippen molar-refractivity contribution in [2.75, 3.05) is 5.73 Å². The van der Waals surface area contributed by atoms with Crippen molar-refractivity contribution >= 4 is 37.7 Å². The highest BCUT2D eigenvalue weighted by molar-refractivity contribution is 9.11. The van der Waals surface area contributed by atoms with E-state index < -0.39 is 0 Å². The average Bonchev–Trinajstić information content (AvgIpc) is 2.25. The molecule has 0 aliphatic heterocycles. The highest BCUT2D eigenvalue weighted by Gasteiger charge is 2.11. The Hall–Kier alpha value is -1.01. The topological polar surface area (TPSA) is 64.7 Å². The van der Waals surface area contributed by atoms with Crippen LogP contribution < -0.4 is 5.73 Å². The molecule has 2 N–H and O–H groups in total. The Balaban J connectivity index is 2.61. The van der Waals surface area contributed by atoms with Gasteiger partial charge in [-0.05, 0) is 51.8 Å². The van der Waals surface area contributed by atoms with Crippen LogP contribution in [0.3, 0.4) is 0 Å². The lowest BCUT2D eigenvalue weighted by atomic mass is 10.2. The normalized spacial score (nSPS) is 10.6. The highest BCUT2D eigenvalue weighted by atomic mass is 79.9. The van der Waals surface area contributed by atoms with Crippen LogP contribution in [0.1, 0.15) is 11.3 Å². The van der Waals surface area contributed by atoms with Crippen molar-refractivity contribution < 1.29 is 0 Å². The van der Waals surface area contributed by atoms with Crippen LogP contribution in [0.5, 0.6) is 0 Å². The Kier molecular flexibility index (Phi) is 3.44. The molecule has 0 saturated heterocycles. The Bertz CT molecular complexity index is 561. The maximum Gasteiger partial charge on any atom is 0.181 e. The van der Waals surface area contributed by atoms with Crippen molar-refractivity contribution in [2.24, 2.45) is 0 Å². The van der Waals surface area contributed by atoms with Crippen molar-refractivity contribution in [3.63, 3.8) is 0 Å². The summed E-state index contributed by atoms with van der Waals surface area (Å²) in [5.41, 5.74) is 8.29. The molecule has 0 radical (unpaired) electrons. The van der Waals surface area contributed by atoms with Gasteiger partial charge in [-0.3, -0.25) is 4.98 Å². The minimum atomic E-state index is 0.490. The minimum Gasteiger partial charge on any atom is -0.383 e. The molecule has 0 bridgehead atoms. The third-order valence-corrected chi connectivity index (χ3v) is 3.48. The van der Waals surface area contributed by atoms with Gasteiger partial charge < -0.3 is 5.73 Å². The third kappa shape index (κ3) is 2.47. The number of aromatic nitrogens is 3. The van der Waals surface area contributed by atoms with E-state index in [4.69, 9.17) is 5.73 Å². The maximum absolute atomic E-state index is 5.84. The van der Waals surface area contributed by atoms with Crippen LogP contribution >= 0.6 is 31.9 Å². The number of pyridine rings is 1. The molecule has 6 heteroatoms. The second-order valence-corrected chi connectivity index (χ2v) is 5.40. The highest BCUT2D eigenvalue weighted by Crippen LogP contribution is 2.27. The summed E-state index contributed by atoms with van der Waals surface area (Å²) >= 11 is 6.79. The van der Waals surface area contributed by atoms with Gasteiger partial charge in [0.2, 0.25) is 0 Å². The summed E-state index contributed by atoms with van der Waals surface area (Å²) in [5, 5.41) is 0. The molecule has 0 unspecified atom stereocenters. The molecule has 0 saturated carbocycles. The van der Waals surface area contributed by atoms with Crippen LogP contribution in [-0.2, 0) is 0 Å². The van der Waals surface area contributed by atoms with E-state index >= 15 is 0 Å². The lowest BCUT2D eigenvalue weighted by Gasteiger charge is -2.07. The fourth-order valence-electron chi connectivity index (χ4n) is 1.34. The van der Waals surface area contributed by atoms with Gasteiger partial charge in [0.05, 0.1) is 0 Å². The summed E-state index contributed by atoms with van der Waals surface area (Å²) in [6.07, 6.45) is 1.70. The second-order valence-electron chi connectivity index (χ2n) is 3.63. The Morgan fingerprint density at radius 2 is 1.88 bits per heavy atom. The van der Waals surface area contributed by atoms with Crippen LogP contribution in [0.2, 0.25) is 0 Å². The molecule has 0 spiro atoms. The van der Waals surface area contributed by atoms with Gasteiger partial charge in [-0.15, -0.1) is 0 Å². The van der Waals surface area contributed by atoms with Crippen LogP contribution in [0.4, 0.5) is 5.82 Å². The summed E-state index contributed by atoms with van der Waals surface area (Å²) in [5.74, 6) is 1.02. The standard InChI is InChI=1S/C11H10Br2N4/c1-5-6(2)16-11(17-10(5)14)9-8(13)3-7(12)4-15-9/h3-4H,1-2H3,(H2,14,16,17). The number of aryl methyl sites for hydroxylation is 1. The molecule has 2 heterocycles. The van der Waals surface area contributed by atoms with Gasteiger partial charge in [0.25, 0.3) is 0 Å². The van der Waals surface area contributed by atoms with Crippen LogP contribution in [0.25, 0.3) is 11.5 Å². The number of nitrogen functional groups attached to an aromatic ring is 1. The van der Waals surface area contributed by atoms with E-state index in [-0.39, 0.29) is 0 Å². The van der Waals surface area contributed by atoms with Gasteiger partial charge >= 0.3 is 0 Å². The molecular weight excluding hydrogens is 348 g/mol. The summed E-state index contributed by atoms with van der Waals surface area (Å²) in [6, 6.07) is 1.90. The van der Waals surface area contributed by atoms with E-state index in [1.54, 1.807) is 6.20 Å². The van der Waals surface area contributed by atoms with Crippen molar-refractivity contribution in [3.8, 4) is 11.5 Å². The zero-order valence-electron chi connectivity index (χ0n) is 9.33. The fraction of sp³-hybridized carbons (Fsp3) is 0.182. The fourth-order valence-corrected chi connectivity index (χ4v) is 2.50. The largest absolute Gasteiger partial charge is 0.383 e. The molecule has 0 aliphatic carbocycles. The Morgan fingerprint density at radius 3 is 2.47 bits per heavy atom. The molecule has 2 aromatic heterocycles. The molecule has 88 valence electrons. The van der Waals surface area contributed by atoms with Crippen molar-refractivity contribution in [2.45, 2.75) is 13.8 Å². The van der Waals surface area contributed by atoms with E-state index in [0.29, 0.717) is 17.3 Å². The SMILES string of the molecule is Cc1nc(-c2ncc(Br)cc2Br)nc(N)c1C. The van der Waals surface area contributed by atoms with Crippen LogP contribution in [-0.4, -0.2) is 15.0 Å². The molecule has 17 heavy (non-hydrogen) atoms. The van der Waals surface area contributed by atoms with E-state index in [1.807, 2.05) is 19.9 Å². The number of rotatable bonds is 1. The predicted molar refractivity (Wildman–Crippen MR) is 74.5 cm³/mol. The summed E-state index contributed by atoms with van der Waals surface area (Å²) in [4.78, 5) is 12.9. The number of nitrogens with two attached hydrogens (primary N) is 1. The van der Waals surface area contributed by atoms with E-state index in [1.165, 1.54) is 0 Å². The first-order chi connectivity index (χ1) is 7.99. The summed E-state index contributed by atoms with van der Waals surface area (Å²) < 4.78 is 1.72. The van der Waals surface area contributed by atoms with Gasteiger partial charge in [0, 0.05) is 26.4 Å². The van der Waals surface area contributed by atoms with Crippen LogP contribution in [0.15, 0.2) is 21.2 Å². The lowest BCUT2D eigenvalue weighted by molar-refractivity contribution is 1.06. The van der Waals surface area contributed by atoms with Gasteiger partial charge in [-0.25, -0.2) is 9.97 Å². The van der Waals surface area contributed by atoms with Gasteiger partial charge in [0.15, 0.2) is 5.82 Å². The zero-order chi connectivity index (χ0) is 12.6. The second kappa shape index (κ2) is 4.70.